The monoisotopic (exact) mass is 237 g/mol. The van der Waals surface area contributed by atoms with E-state index in [0.717, 1.165) is 12.8 Å². The van der Waals surface area contributed by atoms with Gasteiger partial charge >= 0.3 is 5.97 Å². The van der Waals surface area contributed by atoms with Crippen LogP contribution in [-0.4, -0.2) is 41.3 Å². The third-order valence-corrected chi connectivity index (χ3v) is 2.93. The van der Waals surface area contributed by atoms with E-state index < -0.39 is 24.4 Å². The molecule has 6 heteroatoms. The summed E-state index contributed by atoms with van der Waals surface area (Å²) in [6, 6.07) is -0.0803. The second kappa shape index (κ2) is 6.10. The van der Waals surface area contributed by atoms with E-state index >= 15 is 0 Å². The van der Waals surface area contributed by atoms with Crippen molar-refractivity contribution in [3.8, 4) is 0 Å². The second-order valence-corrected chi connectivity index (χ2v) is 4.21. The SMILES string of the molecule is O=C(O)C1CCCC(NCC(O)C(F)F)C1. The van der Waals surface area contributed by atoms with Crippen molar-refractivity contribution in [1.82, 2.24) is 5.32 Å². The van der Waals surface area contributed by atoms with E-state index in [-0.39, 0.29) is 12.6 Å². The Morgan fingerprint density at radius 3 is 2.69 bits per heavy atom. The molecule has 0 heterocycles. The predicted molar refractivity (Wildman–Crippen MR) is 53.4 cm³/mol. The Kier molecular flexibility index (Phi) is 5.08. The van der Waals surface area contributed by atoms with Gasteiger partial charge in [0.15, 0.2) is 0 Å². The van der Waals surface area contributed by atoms with Crippen LogP contribution in [0.3, 0.4) is 0 Å². The Morgan fingerprint density at radius 1 is 1.44 bits per heavy atom. The van der Waals surface area contributed by atoms with Gasteiger partial charge in [-0.05, 0) is 19.3 Å². The van der Waals surface area contributed by atoms with Gasteiger partial charge in [0.1, 0.15) is 6.10 Å². The number of hydrogen-bond donors (Lipinski definition) is 3. The highest BCUT2D eigenvalue weighted by Crippen LogP contribution is 2.24. The highest BCUT2D eigenvalue weighted by Gasteiger charge is 2.27. The molecule has 1 rings (SSSR count). The van der Waals surface area contributed by atoms with Crippen LogP contribution in [0.1, 0.15) is 25.7 Å². The van der Waals surface area contributed by atoms with E-state index in [1.165, 1.54) is 0 Å². The van der Waals surface area contributed by atoms with Gasteiger partial charge in [-0.25, -0.2) is 8.78 Å². The van der Waals surface area contributed by atoms with Crippen LogP contribution in [0.2, 0.25) is 0 Å². The molecule has 1 saturated carbocycles. The molecule has 1 aliphatic carbocycles. The van der Waals surface area contributed by atoms with Gasteiger partial charge in [-0.15, -0.1) is 0 Å². The van der Waals surface area contributed by atoms with Gasteiger partial charge < -0.3 is 15.5 Å². The molecule has 0 aromatic rings. The minimum absolute atomic E-state index is 0.0803. The average molecular weight is 237 g/mol. The summed E-state index contributed by atoms with van der Waals surface area (Å²) in [6.45, 7) is -0.186. The molecule has 0 bridgehead atoms. The topological polar surface area (TPSA) is 69.6 Å². The van der Waals surface area contributed by atoms with Crippen molar-refractivity contribution in [3.05, 3.63) is 0 Å². The van der Waals surface area contributed by atoms with Gasteiger partial charge in [0.2, 0.25) is 0 Å². The predicted octanol–water partition coefficient (Wildman–Crippen LogP) is 0.845. The maximum absolute atomic E-state index is 12.0. The second-order valence-electron chi connectivity index (χ2n) is 4.21. The largest absolute Gasteiger partial charge is 0.481 e. The average Bonchev–Trinajstić information content (AvgIpc) is 2.26. The zero-order valence-electron chi connectivity index (χ0n) is 8.90. The number of aliphatic carboxylic acids is 1. The Bertz CT molecular complexity index is 238. The number of rotatable bonds is 5. The van der Waals surface area contributed by atoms with Gasteiger partial charge in [-0.2, -0.15) is 0 Å². The van der Waals surface area contributed by atoms with Crippen LogP contribution < -0.4 is 5.32 Å². The minimum atomic E-state index is -2.76. The summed E-state index contributed by atoms with van der Waals surface area (Å²) >= 11 is 0. The summed E-state index contributed by atoms with van der Waals surface area (Å²) in [7, 11) is 0. The first-order chi connectivity index (χ1) is 7.50. The van der Waals surface area contributed by atoms with Crippen LogP contribution in [0.4, 0.5) is 8.78 Å². The fraction of sp³-hybridized carbons (Fsp3) is 0.900. The third-order valence-electron chi connectivity index (χ3n) is 2.93. The van der Waals surface area contributed by atoms with Crippen LogP contribution in [0.25, 0.3) is 0 Å². The first-order valence-electron chi connectivity index (χ1n) is 5.43. The number of carbonyl (C=O) groups is 1. The van der Waals surface area contributed by atoms with E-state index in [1.807, 2.05) is 0 Å². The number of halogens is 2. The van der Waals surface area contributed by atoms with Crippen molar-refractivity contribution in [2.75, 3.05) is 6.54 Å². The van der Waals surface area contributed by atoms with Crippen LogP contribution in [-0.2, 0) is 4.79 Å². The molecule has 0 aromatic carbocycles. The minimum Gasteiger partial charge on any atom is -0.481 e. The normalized spacial score (nSPS) is 28.0. The molecule has 0 amide bonds. The summed E-state index contributed by atoms with van der Waals surface area (Å²) in [5.41, 5.74) is 0. The maximum Gasteiger partial charge on any atom is 0.306 e. The van der Waals surface area contributed by atoms with Crippen LogP contribution in [0.5, 0.6) is 0 Å². The van der Waals surface area contributed by atoms with Gasteiger partial charge in [0.25, 0.3) is 6.43 Å². The number of hydrogen-bond acceptors (Lipinski definition) is 3. The molecule has 3 unspecified atom stereocenters. The molecule has 1 aliphatic rings. The van der Waals surface area contributed by atoms with E-state index in [9.17, 15) is 13.6 Å². The standard InChI is InChI=1S/C10H17F2NO3/c11-9(12)8(14)5-13-7-3-1-2-6(4-7)10(15)16/h6-9,13-14H,1-5H2,(H,15,16). The number of alkyl halides is 2. The molecule has 0 radical (unpaired) electrons. The summed E-state index contributed by atoms with van der Waals surface area (Å²) in [4.78, 5) is 10.7. The molecule has 0 aliphatic heterocycles. The van der Waals surface area contributed by atoms with Crippen molar-refractivity contribution in [3.63, 3.8) is 0 Å². The van der Waals surface area contributed by atoms with E-state index in [1.54, 1.807) is 0 Å². The van der Waals surface area contributed by atoms with Crippen molar-refractivity contribution in [2.45, 2.75) is 44.3 Å². The zero-order valence-corrected chi connectivity index (χ0v) is 8.90. The van der Waals surface area contributed by atoms with E-state index in [2.05, 4.69) is 5.32 Å². The molecule has 0 aromatic heterocycles. The third kappa shape index (κ3) is 4.02. The molecule has 94 valence electrons. The lowest BCUT2D eigenvalue weighted by Gasteiger charge is -2.28. The number of carboxylic acids is 1. The fourth-order valence-electron chi connectivity index (χ4n) is 1.98. The number of carboxylic acid groups (broad SMARTS) is 1. The summed E-state index contributed by atoms with van der Waals surface area (Å²) < 4.78 is 24.0. The Balaban J connectivity index is 2.29. The highest BCUT2D eigenvalue weighted by atomic mass is 19.3. The molecule has 4 nitrogen and oxygen atoms in total. The van der Waals surface area contributed by atoms with Crippen molar-refractivity contribution in [2.24, 2.45) is 5.92 Å². The Labute approximate surface area is 92.6 Å². The molecule has 0 saturated heterocycles. The maximum atomic E-state index is 12.0. The van der Waals surface area contributed by atoms with E-state index in [0.29, 0.717) is 12.8 Å². The lowest BCUT2D eigenvalue weighted by atomic mass is 9.86. The Hall–Kier alpha value is -0.750. The summed E-state index contributed by atoms with van der Waals surface area (Å²) in [5, 5.41) is 20.5. The van der Waals surface area contributed by atoms with Gasteiger partial charge in [0.05, 0.1) is 5.92 Å². The zero-order chi connectivity index (χ0) is 12.1. The first kappa shape index (κ1) is 13.3. The van der Waals surface area contributed by atoms with Crippen LogP contribution >= 0.6 is 0 Å². The number of aliphatic hydroxyl groups is 1. The van der Waals surface area contributed by atoms with Gasteiger partial charge in [-0.1, -0.05) is 6.42 Å². The first-order valence-corrected chi connectivity index (χ1v) is 5.43. The molecular weight excluding hydrogens is 220 g/mol. The molecule has 0 spiro atoms. The van der Waals surface area contributed by atoms with E-state index in [4.69, 9.17) is 10.2 Å². The quantitative estimate of drug-likeness (QED) is 0.663. The molecule has 3 N–H and O–H groups in total. The molecular formula is C10H17F2NO3. The molecule has 16 heavy (non-hydrogen) atoms. The van der Waals surface area contributed by atoms with Crippen molar-refractivity contribution < 1.29 is 23.8 Å². The highest BCUT2D eigenvalue weighted by molar-refractivity contribution is 5.70. The van der Waals surface area contributed by atoms with Crippen molar-refractivity contribution in [1.29, 1.82) is 0 Å². The van der Waals surface area contributed by atoms with Crippen LogP contribution in [0.15, 0.2) is 0 Å². The van der Waals surface area contributed by atoms with Crippen LogP contribution in [0, 0.1) is 5.92 Å². The number of nitrogens with one attached hydrogen (secondary N) is 1. The smallest absolute Gasteiger partial charge is 0.306 e. The summed E-state index contributed by atoms with van der Waals surface area (Å²) in [5.74, 6) is -1.23. The lowest BCUT2D eigenvalue weighted by molar-refractivity contribution is -0.143. The Morgan fingerprint density at radius 2 is 2.12 bits per heavy atom. The summed E-state index contributed by atoms with van der Waals surface area (Å²) in [6.07, 6.45) is -1.79. The fourth-order valence-corrected chi connectivity index (χ4v) is 1.98. The lowest BCUT2D eigenvalue weighted by Crippen LogP contribution is -2.41. The molecule has 1 fully saturated rings. The van der Waals surface area contributed by atoms with Crippen molar-refractivity contribution >= 4 is 5.97 Å². The van der Waals surface area contributed by atoms with Gasteiger partial charge in [0, 0.05) is 12.6 Å². The number of aliphatic hydroxyl groups excluding tert-OH is 1. The van der Waals surface area contributed by atoms with Gasteiger partial charge in [-0.3, -0.25) is 4.79 Å². The molecule has 3 atom stereocenters.